The summed E-state index contributed by atoms with van der Waals surface area (Å²) in [5.74, 6) is 0.550. The third-order valence-electron chi connectivity index (χ3n) is 2.54. The van der Waals surface area contributed by atoms with E-state index in [1.807, 2.05) is 24.3 Å². The van der Waals surface area contributed by atoms with Crippen LogP contribution in [0.2, 0.25) is 0 Å². The first-order valence-corrected chi connectivity index (χ1v) is 5.20. The Labute approximate surface area is 95.1 Å². The van der Waals surface area contributed by atoms with Gasteiger partial charge in [0.2, 0.25) is 5.88 Å². The molecule has 0 aliphatic heterocycles. The predicted octanol–water partition coefficient (Wildman–Crippen LogP) is 2.38. The number of hydrogen-bond donors (Lipinski definition) is 0. The fraction of sp³-hybridized carbons (Fsp3) is 0.231. The van der Waals surface area contributed by atoms with Gasteiger partial charge in [0.05, 0.1) is 12.8 Å². The summed E-state index contributed by atoms with van der Waals surface area (Å²) in [4.78, 5) is 0. The number of rotatable bonds is 3. The van der Waals surface area contributed by atoms with E-state index in [2.05, 4.69) is 29.3 Å². The van der Waals surface area contributed by atoms with Crippen molar-refractivity contribution in [1.82, 2.24) is 10.2 Å². The summed E-state index contributed by atoms with van der Waals surface area (Å²) in [6.07, 6.45) is 0.809. The lowest BCUT2D eigenvalue weighted by Crippen LogP contribution is -1.97. The molecule has 0 amide bonds. The SMILES string of the molecule is COc1ccc(Cc2ccccc2C)nn1. The highest BCUT2D eigenvalue weighted by molar-refractivity contribution is 5.29. The Morgan fingerprint density at radius 2 is 1.88 bits per heavy atom. The Balaban J connectivity index is 2.18. The quantitative estimate of drug-likeness (QED) is 0.786. The van der Waals surface area contributed by atoms with Gasteiger partial charge in [0.15, 0.2) is 0 Å². The highest BCUT2D eigenvalue weighted by Gasteiger charge is 2.01. The van der Waals surface area contributed by atoms with Crippen LogP contribution in [-0.2, 0) is 6.42 Å². The number of aryl methyl sites for hydroxylation is 1. The van der Waals surface area contributed by atoms with Crippen LogP contribution in [0.3, 0.4) is 0 Å². The maximum absolute atomic E-state index is 4.97. The van der Waals surface area contributed by atoms with Crippen LogP contribution in [0.5, 0.6) is 5.88 Å². The molecule has 2 rings (SSSR count). The van der Waals surface area contributed by atoms with Gasteiger partial charge >= 0.3 is 0 Å². The fourth-order valence-corrected chi connectivity index (χ4v) is 1.55. The summed E-state index contributed by atoms with van der Waals surface area (Å²) in [5, 5.41) is 8.06. The maximum atomic E-state index is 4.97. The number of benzene rings is 1. The Hall–Kier alpha value is -1.90. The van der Waals surface area contributed by atoms with Crippen molar-refractivity contribution in [2.24, 2.45) is 0 Å². The van der Waals surface area contributed by atoms with Gasteiger partial charge in [-0.2, -0.15) is 5.10 Å². The number of ether oxygens (including phenoxy) is 1. The van der Waals surface area contributed by atoms with Crippen LogP contribution in [0.4, 0.5) is 0 Å². The van der Waals surface area contributed by atoms with E-state index in [0.717, 1.165) is 12.1 Å². The van der Waals surface area contributed by atoms with Crippen molar-refractivity contribution >= 4 is 0 Å². The number of aromatic nitrogens is 2. The molecule has 0 radical (unpaired) electrons. The monoisotopic (exact) mass is 214 g/mol. The van der Waals surface area contributed by atoms with Crippen LogP contribution in [0.15, 0.2) is 36.4 Å². The summed E-state index contributed by atoms with van der Waals surface area (Å²) < 4.78 is 4.97. The molecule has 0 spiro atoms. The highest BCUT2D eigenvalue weighted by Crippen LogP contribution is 2.12. The van der Waals surface area contributed by atoms with Crippen LogP contribution >= 0.6 is 0 Å². The summed E-state index contributed by atoms with van der Waals surface area (Å²) in [6, 6.07) is 12.1. The molecule has 3 heteroatoms. The van der Waals surface area contributed by atoms with Crippen molar-refractivity contribution in [2.75, 3.05) is 7.11 Å². The summed E-state index contributed by atoms with van der Waals surface area (Å²) in [7, 11) is 1.59. The first-order valence-electron chi connectivity index (χ1n) is 5.20. The second-order valence-electron chi connectivity index (χ2n) is 3.67. The zero-order valence-corrected chi connectivity index (χ0v) is 9.47. The van der Waals surface area contributed by atoms with Crippen molar-refractivity contribution < 1.29 is 4.74 Å². The molecule has 1 heterocycles. The van der Waals surface area contributed by atoms with E-state index in [0.29, 0.717) is 5.88 Å². The van der Waals surface area contributed by atoms with Gasteiger partial charge in [0.1, 0.15) is 0 Å². The predicted molar refractivity (Wildman–Crippen MR) is 62.6 cm³/mol. The summed E-state index contributed by atoms with van der Waals surface area (Å²) in [5.41, 5.74) is 3.51. The van der Waals surface area contributed by atoms with Gasteiger partial charge in [0, 0.05) is 12.5 Å². The Kier molecular flexibility index (Phi) is 3.15. The zero-order chi connectivity index (χ0) is 11.4. The minimum absolute atomic E-state index is 0.550. The zero-order valence-electron chi connectivity index (χ0n) is 9.47. The van der Waals surface area contributed by atoms with Gasteiger partial charge in [-0.3, -0.25) is 0 Å². The molecule has 0 bridgehead atoms. The summed E-state index contributed by atoms with van der Waals surface area (Å²) >= 11 is 0. The second kappa shape index (κ2) is 4.75. The average molecular weight is 214 g/mol. The van der Waals surface area contributed by atoms with E-state index in [1.165, 1.54) is 11.1 Å². The molecule has 2 aromatic rings. The van der Waals surface area contributed by atoms with E-state index < -0.39 is 0 Å². The molecule has 0 atom stereocenters. The molecule has 0 aliphatic carbocycles. The molecule has 0 saturated heterocycles. The normalized spacial score (nSPS) is 10.1. The minimum Gasteiger partial charge on any atom is -0.480 e. The largest absolute Gasteiger partial charge is 0.480 e. The first kappa shape index (κ1) is 10.6. The standard InChI is InChI=1S/C13H14N2O/c1-10-5-3-4-6-11(10)9-12-7-8-13(16-2)15-14-12/h3-8H,9H2,1-2H3. The third-order valence-corrected chi connectivity index (χ3v) is 2.54. The number of nitrogens with zero attached hydrogens (tertiary/aromatic N) is 2. The van der Waals surface area contributed by atoms with E-state index >= 15 is 0 Å². The molecule has 1 aromatic heterocycles. The lowest BCUT2D eigenvalue weighted by molar-refractivity contribution is 0.391. The minimum atomic E-state index is 0.550. The van der Waals surface area contributed by atoms with Gasteiger partial charge in [-0.25, -0.2) is 0 Å². The van der Waals surface area contributed by atoms with Crippen LogP contribution in [0, 0.1) is 6.92 Å². The third kappa shape index (κ3) is 2.37. The Bertz CT molecular complexity index is 466. The molecule has 0 saturated carbocycles. The highest BCUT2D eigenvalue weighted by atomic mass is 16.5. The maximum Gasteiger partial charge on any atom is 0.233 e. The number of methoxy groups -OCH3 is 1. The molecular weight excluding hydrogens is 200 g/mol. The summed E-state index contributed by atoms with van der Waals surface area (Å²) in [6.45, 7) is 2.10. The van der Waals surface area contributed by atoms with Gasteiger partial charge in [-0.15, -0.1) is 5.10 Å². The molecule has 0 fully saturated rings. The van der Waals surface area contributed by atoms with Crippen molar-refractivity contribution in [3.05, 3.63) is 53.2 Å². The molecule has 0 unspecified atom stereocenters. The van der Waals surface area contributed by atoms with Crippen molar-refractivity contribution in [3.8, 4) is 5.88 Å². The smallest absolute Gasteiger partial charge is 0.233 e. The molecular formula is C13H14N2O. The van der Waals surface area contributed by atoms with E-state index in [1.54, 1.807) is 7.11 Å². The van der Waals surface area contributed by atoms with Crippen LogP contribution in [0.25, 0.3) is 0 Å². The van der Waals surface area contributed by atoms with Crippen LogP contribution in [-0.4, -0.2) is 17.3 Å². The Morgan fingerprint density at radius 1 is 1.06 bits per heavy atom. The second-order valence-corrected chi connectivity index (χ2v) is 3.67. The van der Waals surface area contributed by atoms with E-state index in [4.69, 9.17) is 4.74 Å². The van der Waals surface area contributed by atoms with Gasteiger partial charge in [-0.05, 0) is 24.1 Å². The average Bonchev–Trinajstić information content (AvgIpc) is 2.33. The topological polar surface area (TPSA) is 35.0 Å². The van der Waals surface area contributed by atoms with Crippen LogP contribution in [0.1, 0.15) is 16.8 Å². The lowest BCUT2D eigenvalue weighted by Gasteiger charge is -2.04. The van der Waals surface area contributed by atoms with Crippen molar-refractivity contribution in [1.29, 1.82) is 0 Å². The van der Waals surface area contributed by atoms with E-state index in [-0.39, 0.29) is 0 Å². The van der Waals surface area contributed by atoms with Crippen molar-refractivity contribution in [2.45, 2.75) is 13.3 Å². The first-order chi connectivity index (χ1) is 7.79. The Morgan fingerprint density at radius 3 is 2.50 bits per heavy atom. The molecule has 82 valence electrons. The lowest BCUT2D eigenvalue weighted by atomic mass is 10.0. The molecule has 3 nitrogen and oxygen atoms in total. The number of hydrogen-bond acceptors (Lipinski definition) is 3. The van der Waals surface area contributed by atoms with Gasteiger partial charge < -0.3 is 4.74 Å². The van der Waals surface area contributed by atoms with Gasteiger partial charge in [0.25, 0.3) is 0 Å². The van der Waals surface area contributed by atoms with Gasteiger partial charge in [-0.1, -0.05) is 24.3 Å². The molecule has 16 heavy (non-hydrogen) atoms. The fourth-order valence-electron chi connectivity index (χ4n) is 1.55. The molecule has 0 N–H and O–H groups in total. The van der Waals surface area contributed by atoms with Crippen LogP contribution < -0.4 is 4.74 Å². The van der Waals surface area contributed by atoms with E-state index in [9.17, 15) is 0 Å². The van der Waals surface area contributed by atoms with Crippen molar-refractivity contribution in [3.63, 3.8) is 0 Å². The molecule has 1 aromatic carbocycles. The molecule has 0 aliphatic rings.